The van der Waals surface area contributed by atoms with E-state index in [9.17, 15) is 9.59 Å². The number of carbonyl (C=O) groups is 2. The third kappa shape index (κ3) is 5.80. The highest BCUT2D eigenvalue weighted by Gasteiger charge is 2.29. The molecule has 0 aliphatic heterocycles. The molecular formula is C19H31N3O2S. The van der Waals surface area contributed by atoms with Crippen molar-refractivity contribution in [3.05, 3.63) is 10.6 Å². The fraction of sp³-hybridized carbons (Fsp3) is 0.737. The third-order valence-electron chi connectivity index (χ3n) is 4.93. The molecule has 1 saturated carbocycles. The summed E-state index contributed by atoms with van der Waals surface area (Å²) in [6.45, 7) is 9.92. The van der Waals surface area contributed by atoms with E-state index >= 15 is 0 Å². The average molecular weight is 366 g/mol. The Kier molecular flexibility index (Phi) is 6.60. The summed E-state index contributed by atoms with van der Waals surface area (Å²) < 4.78 is 0. The van der Waals surface area contributed by atoms with Crippen LogP contribution < -0.4 is 5.32 Å². The lowest BCUT2D eigenvalue weighted by Crippen LogP contribution is -2.49. The number of aromatic nitrogens is 1. The maximum atomic E-state index is 12.7. The zero-order valence-corrected chi connectivity index (χ0v) is 17.0. The summed E-state index contributed by atoms with van der Waals surface area (Å²) in [6, 6.07) is 0. The van der Waals surface area contributed by atoms with Crippen LogP contribution in [0.15, 0.2) is 0 Å². The van der Waals surface area contributed by atoms with Crippen LogP contribution in [0.3, 0.4) is 0 Å². The highest BCUT2D eigenvalue weighted by molar-refractivity contribution is 7.15. The molecule has 0 radical (unpaired) electrons. The van der Waals surface area contributed by atoms with Crippen molar-refractivity contribution in [3.8, 4) is 0 Å². The van der Waals surface area contributed by atoms with Crippen LogP contribution in [-0.2, 0) is 9.59 Å². The third-order valence-corrected chi connectivity index (χ3v) is 5.92. The number of carbonyl (C=O) groups excluding carboxylic acids is 2. The van der Waals surface area contributed by atoms with Crippen LogP contribution in [0.4, 0.5) is 5.13 Å². The van der Waals surface area contributed by atoms with Crippen LogP contribution in [0.5, 0.6) is 0 Å². The molecule has 1 heterocycles. The van der Waals surface area contributed by atoms with Crippen LogP contribution >= 0.6 is 11.3 Å². The second kappa shape index (κ2) is 8.30. The lowest BCUT2D eigenvalue weighted by Gasteiger charge is -2.35. The fourth-order valence-corrected chi connectivity index (χ4v) is 4.12. The number of thiazole rings is 1. The standard InChI is InChI=1S/C19H31N3O2S/c1-13-14(2)25-18(20-13)21-16(23)12-22(19(3,4)5)17(24)11-10-15-8-6-7-9-15/h15H,6-12H2,1-5H3,(H,20,21,23). The molecule has 1 fully saturated rings. The highest BCUT2D eigenvalue weighted by Crippen LogP contribution is 2.29. The van der Waals surface area contributed by atoms with Gasteiger partial charge in [-0.05, 0) is 47.0 Å². The van der Waals surface area contributed by atoms with Gasteiger partial charge in [0.25, 0.3) is 0 Å². The van der Waals surface area contributed by atoms with Crippen LogP contribution in [0.2, 0.25) is 0 Å². The van der Waals surface area contributed by atoms with Crippen LogP contribution in [0.1, 0.15) is 69.9 Å². The number of hydrogen-bond donors (Lipinski definition) is 1. The molecule has 1 aliphatic rings. The molecule has 6 heteroatoms. The Morgan fingerprint density at radius 3 is 2.40 bits per heavy atom. The molecule has 0 unspecified atom stereocenters. The van der Waals surface area contributed by atoms with Crippen LogP contribution in [0, 0.1) is 19.8 Å². The van der Waals surface area contributed by atoms with E-state index in [-0.39, 0.29) is 23.9 Å². The molecular weight excluding hydrogens is 334 g/mol. The number of nitrogens with one attached hydrogen (secondary N) is 1. The maximum absolute atomic E-state index is 12.7. The molecule has 0 aromatic carbocycles. The largest absolute Gasteiger partial charge is 0.329 e. The summed E-state index contributed by atoms with van der Waals surface area (Å²) in [7, 11) is 0. The number of hydrogen-bond acceptors (Lipinski definition) is 4. The van der Waals surface area contributed by atoms with Crippen molar-refractivity contribution in [3.63, 3.8) is 0 Å². The summed E-state index contributed by atoms with van der Waals surface area (Å²) in [6.07, 6.45) is 6.54. The normalized spacial score (nSPS) is 15.4. The van der Waals surface area contributed by atoms with Gasteiger partial charge >= 0.3 is 0 Å². The molecule has 25 heavy (non-hydrogen) atoms. The van der Waals surface area contributed by atoms with E-state index in [1.165, 1.54) is 37.0 Å². The van der Waals surface area contributed by atoms with E-state index in [1.54, 1.807) is 4.90 Å². The summed E-state index contributed by atoms with van der Waals surface area (Å²) >= 11 is 1.47. The molecule has 0 spiro atoms. The minimum absolute atomic E-state index is 0.0704. The first-order valence-electron chi connectivity index (χ1n) is 9.21. The fourth-order valence-electron chi connectivity index (χ4n) is 3.29. The molecule has 2 rings (SSSR count). The molecule has 1 aliphatic carbocycles. The summed E-state index contributed by atoms with van der Waals surface area (Å²) in [5.41, 5.74) is 0.555. The van der Waals surface area contributed by atoms with E-state index < -0.39 is 0 Å². The Balaban J connectivity index is 1.94. The Bertz CT molecular complexity index is 593. The van der Waals surface area contributed by atoms with Crippen molar-refractivity contribution in [2.45, 2.75) is 78.7 Å². The second-order valence-electron chi connectivity index (χ2n) is 8.05. The van der Waals surface area contributed by atoms with Crippen molar-refractivity contribution >= 4 is 28.3 Å². The SMILES string of the molecule is Cc1nc(NC(=O)CN(C(=O)CCC2CCCC2)C(C)(C)C)sc1C. The average Bonchev–Trinajstić information content (AvgIpc) is 3.12. The van der Waals surface area contributed by atoms with Gasteiger partial charge in [-0.2, -0.15) is 0 Å². The van der Waals surface area contributed by atoms with Gasteiger partial charge < -0.3 is 10.2 Å². The number of rotatable bonds is 6. The molecule has 2 amide bonds. The first-order chi connectivity index (χ1) is 11.7. The van der Waals surface area contributed by atoms with Gasteiger partial charge in [0, 0.05) is 16.8 Å². The Labute approximate surface area is 155 Å². The second-order valence-corrected chi connectivity index (χ2v) is 9.25. The topological polar surface area (TPSA) is 62.3 Å². The molecule has 5 nitrogen and oxygen atoms in total. The summed E-state index contributed by atoms with van der Waals surface area (Å²) in [5, 5.41) is 3.44. The smallest absolute Gasteiger partial charge is 0.245 e. The number of aryl methyl sites for hydroxylation is 2. The number of nitrogens with zero attached hydrogens (tertiary/aromatic N) is 2. The quantitative estimate of drug-likeness (QED) is 0.818. The van der Waals surface area contributed by atoms with Gasteiger partial charge in [0.1, 0.15) is 6.54 Å². The van der Waals surface area contributed by atoms with Gasteiger partial charge in [0.2, 0.25) is 11.8 Å². The van der Waals surface area contributed by atoms with E-state index in [4.69, 9.17) is 0 Å². The predicted molar refractivity (Wildman–Crippen MR) is 103 cm³/mol. The minimum atomic E-state index is -0.376. The molecule has 1 N–H and O–H groups in total. The molecule has 0 atom stereocenters. The monoisotopic (exact) mass is 365 g/mol. The summed E-state index contributed by atoms with van der Waals surface area (Å²) in [4.78, 5) is 32.3. The summed E-state index contributed by atoms with van der Waals surface area (Å²) in [5.74, 6) is 0.569. The highest BCUT2D eigenvalue weighted by atomic mass is 32.1. The van der Waals surface area contributed by atoms with Crippen molar-refractivity contribution in [1.82, 2.24) is 9.88 Å². The van der Waals surface area contributed by atoms with Crippen LogP contribution in [0.25, 0.3) is 0 Å². The molecule has 1 aromatic heterocycles. The van der Waals surface area contributed by atoms with Gasteiger partial charge in [0.15, 0.2) is 5.13 Å². The molecule has 140 valence electrons. The van der Waals surface area contributed by atoms with E-state index in [1.807, 2.05) is 34.6 Å². The van der Waals surface area contributed by atoms with E-state index in [0.717, 1.165) is 17.0 Å². The van der Waals surface area contributed by atoms with Crippen molar-refractivity contribution in [2.75, 3.05) is 11.9 Å². The zero-order valence-electron chi connectivity index (χ0n) is 16.1. The zero-order chi connectivity index (χ0) is 18.6. The van der Waals surface area contributed by atoms with E-state index in [0.29, 0.717) is 17.5 Å². The van der Waals surface area contributed by atoms with Gasteiger partial charge in [-0.1, -0.05) is 25.7 Å². The lowest BCUT2D eigenvalue weighted by atomic mass is 9.99. The van der Waals surface area contributed by atoms with Crippen molar-refractivity contribution in [2.24, 2.45) is 5.92 Å². The predicted octanol–water partition coefficient (Wildman–Crippen LogP) is 4.30. The van der Waals surface area contributed by atoms with Gasteiger partial charge in [0.05, 0.1) is 5.69 Å². The first kappa shape index (κ1) is 19.9. The maximum Gasteiger partial charge on any atom is 0.245 e. The Morgan fingerprint density at radius 2 is 1.88 bits per heavy atom. The van der Waals surface area contributed by atoms with Gasteiger partial charge in [-0.3, -0.25) is 9.59 Å². The molecule has 1 aromatic rings. The number of amides is 2. The lowest BCUT2D eigenvalue weighted by molar-refractivity contribution is -0.139. The van der Waals surface area contributed by atoms with Crippen molar-refractivity contribution in [1.29, 1.82) is 0 Å². The molecule has 0 bridgehead atoms. The number of anilines is 1. The van der Waals surface area contributed by atoms with Gasteiger partial charge in [-0.15, -0.1) is 11.3 Å². The van der Waals surface area contributed by atoms with Gasteiger partial charge in [-0.25, -0.2) is 4.98 Å². The Hall–Kier alpha value is -1.43. The van der Waals surface area contributed by atoms with Crippen molar-refractivity contribution < 1.29 is 9.59 Å². The minimum Gasteiger partial charge on any atom is -0.329 e. The van der Waals surface area contributed by atoms with E-state index in [2.05, 4.69) is 10.3 Å². The first-order valence-corrected chi connectivity index (χ1v) is 10.0. The molecule has 0 saturated heterocycles. The Morgan fingerprint density at radius 1 is 1.24 bits per heavy atom. The van der Waals surface area contributed by atoms with Crippen LogP contribution in [-0.4, -0.2) is 33.8 Å².